The van der Waals surface area contributed by atoms with Crippen molar-refractivity contribution >= 4 is 40.0 Å². The first-order chi connectivity index (χ1) is 13.5. The second kappa shape index (κ2) is 7.14. The third-order valence-electron chi connectivity index (χ3n) is 5.09. The van der Waals surface area contributed by atoms with Crippen LogP contribution in [0.1, 0.15) is 34.8 Å². The van der Waals surface area contributed by atoms with Gasteiger partial charge in [0.25, 0.3) is 5.91 Å². The fraction of sp³-hybridized carbons (Fsp3) is 0.316. The third kappa shape index (κ3) is 2.86. The average molecular weight is 421 g/mol. The van der Waals surface area contributed by atoms with Crippen LogP contribution in [-0.4, -0.2) is 46.5 Å². The van der Waals surface area contributed by atoms with E-state index in [-0.39, 0.29) is 17.8 Å². The first-order valence-corrected chi connectivity index (χ1v) is 9.45. The molecule has 1 aromatic carbocycles. The standard InChI is InChI=1S/C19H18Cl2N4O3/c1-9-14-11-6-13(28-3)15(20)16(21)17(11)24-12(14)4-5-25(9)19(26)18-22-7-10(27-2)8-23-18/h6-9,24H,4-5H2,1-3H3/t9-/m1/s1. The molecule has 4 rings (SSSR count). The van der Waals surface area contributed by atoms with Crippen LogP contribution >= 0.6 is 23.2 Å². The van der Waals surface area contributed by atoms with Crippen LogP contribution < -0.4 is 9.47 Å². The minimum Gasteiger partial charge on any atom is -0.495 e. The van der Waals surface area contributed by atoms with Gasteiger partial charge in [-0.15, -0.1) is 0 Å². The van der Waals surface area contributed by atoms with E-state index >= 15 is 0 Å². The number of rotatable bonds is 3. The molecule has 7 nitrogen and oxygen atoms in total. The van der Waals surface area contributed by atoms with Gasteiger partial charge in [0.15, 0.2) is 5.75 Å². The number of ether oxygens (including phenoxy) is 2. The molecule has 146 valence electrons. The minimum absolute atomic E-state index is 0.134. The number of carbonyl (C=O) groups is 1. The number of fused-ring (bicyclic) bond motifs is 3. The fourth-order valence-corrected chi connectivity index (χ4v) is 4.13. The van der Waals surface area contributed by atoms with Gasteiger partial charge in [-0.05, 0) is 13.0 Å². The summed E-state index contributed by atoms with van der Waals surface area (Å²) in [6, 6.07) is 1.66. The Morgan fingerprint density at radius 1 is 1.21 bits per heavy atom. The number of nitrogens with zero attached hydrogens (tertiary/aromatic N) is 3. The normalized spacial score (nSPS) is 16.2. The van der Waals surface area contributed by atoms with Crippen LogP contribution in [0.3, 0.4) is 0 Å². The molecular weight excluding hydrogens is 403 g/mol. The minimum atomic E-state index is -0.234. The van der Waals surface area contributed by atoms with E-state index in [1.165, 1.54) is 19.5 Å². The van der Waals surface area contributed by atoms with E-state index in [1.807, 2.05) is 13.0 Å². The van der Waals surface area contributed by atoms with Crippen molar-refractivity contribution < 1.29 is 14.3 Å². The highest BCUT2D eigenvalue weighted by Gasteiger charge is 2.33. The Bertz CT molecular complexity index is 1070. The van der Waals surface area contributed by atoms with Gasteiger partial charge in [0.2, 0.25) is 5.82 Å². The molecule has 3 aromatic rings. The first kappa shape index (κ1) is 18.8. The Morgan fingerprint density at radius 3 is 2.57 bits per heavy atom. The molecule has 1 aliphatic rings. The molecule has 0 spiro atoms. The van der Waals surface area contributed by atoms with E-state index in [4.69, 9.17) is 32.7 Å². The summed E-state index contributed by atoms with van der Waals surface area (Å²) in [6.45, 7) is 2.51. The van der Waals surface area contributed by atoms with E-state index in [0.717, 1.165) is 22.2 Å². The predicted octanol–water partition coefficient (Wildman–Crippen LogP) is 4.04. The number of hydrogen-bond donors (Lipinski definition) is 1. The number of methoxy groups -OCH3 is 2. The van der Waals surface area contributed by atoms with Crippen LogP contribution in [0.5, 0.6) is 11.5 Å². The molecule has 0 aliphatic carbocycles. The van der Waals surface area contributed by atoms with Gasteiger partial charge in [0.1, 0.15) is 10.8 Å². The van der Waals surface area contributed by atoms with E-state index in [9.17, 15) is 4.79 Å². The Kier molecular flexibility index (Phi) is 4.81. The molecule has 1 amide bonds. The topological polar surface area (TPSA) is 80.3 Å². The molecule has 9 heteroatoms. The molecule has 1 N–H and O–H groups in total. The molecule has 0 fully saturated rings. The summed E-state index contributed by atoms with van der Waals surface area (Å²) in [7, 11) is 3.07. The highest BCUT2D eigenvalue weighted by Crippen LogP contribution is 2.44. The lowest BCUT2D eigenvalue weighted by atomic mass is 9.96. The Balaban J connectivity index is 1.75. The number of amides is 1. The third-order valence-corrected chi connectivity index (χ3v) is 5.94. The predicted molar refractivity (Wildman–Crippen MR) is 107 cm³/mol. The van der Waals surface area contributed by atoms with Crippen molar-refractivity contribution in [3.63, 3.8) is 0 Å². The van der Waals surface area contributed by atoms with Crippen LogP contribution in [0.15, 0.2) is 18.5 Å². The number of carbonyl (C=O) groups excluding carboxylic acids is 1. The van der Waals surface area contributed by atoms with Crippen LogP contribution in [0, 0.1) is 0 Å². The van der Waals surface area contributed by atoms with Crippen molar-refractivity contribution in [2.75, 3.05) is 20.8 Å². The number of aromatic nitrogens is 3. The maximum absolute atomic E-state index is 13.0. The molecule has 2 aromatic heterocycles. The Morgan fingerprint density at radius 2 is 1.93 bits per heavy atom. The number of benzene rings is 1. The average Bonchev–Trinajstić information content (AvgIpc) is 3.10. The number of H-pyrrole nitrogens is 1. The summed E-state index contributed by atoms with van der Waals surface area (Å²) >= 11 is 12.7. The molecule has 28 heavy (non-hydrogen) atoms. The van der Waals surface area contributed by atoms with Gasteiger partial charge < -0.3 is 19.4 Å². The van der Waals surface area contributed by atoms with Crippen LogP contribution in [0.2, 0.25) is 10.0 Å². The van der Waals surface area contributed by atoms with Crippen LogP contribution in [0.25, 0.3) is 10.9 Å². The zero-order chi connectivity index (χ0) is 20.0. The van der Waals surface area contributed by atoms with Gasteiger partial charge in [-0.2, -0.15) is 0 Å². The number of aromatic amines is 1. The summed E-state index contributed by atoms with van der Waals surface area (Å²) in [5, 5.41) is 1.67. The SMILES string of the molecule is COc1cnc(C(=O)N2CCc3[nH]c4c(Cl)c(Cl)c(OC)cc4c3[C@H]2C)nc1. The molecule has 0 saturated carbocycles. The highest BCUT2D eigenvalue weighted by molar-refractivity contribution is 6.46. The highest BCUT2D eigenvalue weighted by atomic mass is 35.5. The van der Waals surface area contributed by atoms with Crippen molar-refractivity contribution in [2.45, 2.75) is 19.4 Å². The molecule has 0 bridgehead atoms. The lowest BCUT2D eigenvalue weighted by Gasteiger charge is -2.33. The maximum Gasteiger partial charge on any atom is 0.292 e. The van der Waals surface area contributed by atoms with E-state index < -0.39 is 0 Å². The van der Waals surface area contributed by atoms with E-state index in [0.29, 0.717) is 34.5 Å². The summed E-state index contributed by atoms with van der Waals surface area (Å²) in [4.78, 5) is 26.4. The molecule has 1 aliphatic heterocycles. The zero-order valence-electron chi connectivity index (χ0n) is 15.5. The van der Waals surface area contributed by atoms with Crippen molar-refractivity contribution in [3.05, 3.63) is 45.6 Å². The molecule has 3 heterocycles. The van der Waals surface area contributed by atoms with Crippen molar-refractivity contribution in [2.24, 2.45) is 0 Å². The molecule has 1 atom stereocenters. The van der Waals surface area contributed by atoms with Gasteiger partial charge >= 0.3 is 0 Å². The Hall–Kier alpha value is -2.51. The van der Waals surface area contributed by atoms with E-state index in [1.54, 1.807) is 12.0 Å². The summed E-state index contributed by atoms with van der Waals surface area (Å²) < 4.78 is 10.4. The van der Waals surface area contributed by atoms with Gasteiger partial charge in [0.05, 0.1) is 43.2 Å². The number of halogens is 2. The fourth-order valence-electron chi connectivity index (χ4n) is 3.66. The lowest BCUT2D eigenvalue weighted by molar-refractivity contribution is 0.0665. The Labute approximate surface area is 171 Å². The van der Waals surface area contributed by atoms with Gasteiger partial charge in [-0.1, -0.05) is 23.2 Å². The van der Waals surface area contributed by atoms with Crippen LogP contribution in [0.4, 0.5) is 0 Å². The van der Waals surface area contributed by atoms with Crippen molar-refractivity contribution in [1.29, 1.82) is 0 Å². The number of hydrogen-bond acceptors (Lipinski definition) is 5. The second-order valence-corrected chi connectivity index (χ2v) is 7.27. The monoisotopic (exact) mass is 420 g/mol. The molecular formula is C19H18Cl2N4O3. The number of nitrogens with one attached hydrogen (secondary N) is 1. The first-order valence-electron chi connectivity index (χ1n) is 8.69. The largest absolute Gasteiger partial charge is 0.495 e. The van der Waals surface area contributed by atoms with Gasteiger partial charge in [0, 0.05) is 29.6 Å². The van der Waals surface area contributed by atoms with Gasteiger partial charge in [-0.3, -0.25) is 4.79 Å². The molecule has 0 saturated heterocycles. The summed E-state index contributed by atoms with van der Waals surface area (Å²) in [5.41, 5.74) is 2.78. The zero-order valence-corrected chi connectivity index (χ0v) is 17.1. The summed E-state index contributed by atoms with van der Waals surface area (Å²) in [6.07, 6.45) is 3.63. The van der Waals surface area contributed by atoms with E-state index in [2.05, 4.69) is 15.0 Å². The molecule has 0 radical (unpaired) electrons. The smallest absolute Gasteiger partial charge is 0.292 e. The van der Waals surface area contributed by atoms with Crippen molar-refractivity contribution in [1.82, 2.24) is 19.9 Å². The lowest BCUT2D eigenvalue weighted by Crippen LogP contribution is -2.39. The van der Waals surface area contributed by atoms with Gasteiger partial charge in [-0.25, -0.2) is 9.97 Å². The quantitative estimate of drug-likeness (QED) is 0.691. The maximum atomic E-state index is 13.0. The molecule has 0 unspecified atom stereocenters. The summed E-state index contributed by atoms with van der Waals surface area (Å²) in [5.74, 6) is 0.896. The second-order valence-electron chi connectivity index (χ2n) is 6.52. The van der Waals surface area contributed by atoms with Crippen LogP contribution in [-0.2, 0) is 6.42 Å². The van der Waals surface area contributed by atoms with Crippen molar-refractivity contribution in [3.8, 4) is 11.5 Å².